The first-order chi connectivity index (χ1) is 12.5. The standard InChI is InChI=1S/C18H22N4O2S2/c1-4-22(5-2)26(23,24)15-8-6-14(7-9-15)11-19-17-16-10-13(3)25-18(16)21-12-20-17/h6-10,12H,4-5,11H2,1-3H3,(H,19,20,21). The summed E-state index contributed by atoms with van der Waals surface area (Å²) in [6.07, 6.45) is 1.56. The van der Waals surface area contributed by atoms with Gasteiger partial charge in [0, 0.05) is 24.5 Å². The highest BCUT2D eigenvalue weighted by Crippen LogP contribution is 2.27. The van der Waals surface area contributed by atoms with Gasteiger partial charge in [0.25, 0.3) is 0 Å². The van der Waals surface area contributed by atoms with Crippen molar-refractivity contribution in [3.05, 3.63) is 47.1 Å². The fourth-order valence-corrected chi connectivity index (χ4v) is 5.10. The highest BCUT2D eigenvalue weighted by molar-refractivity contribution is 7.89. The van der Waals surface area contributed by atoms with Gasteiger partial charge in [-0.3, -0.25) is 0 Å². The van der Waals surface area contributed by atoms with Gasteiger partial charge < -0.3 is 5.32 Å². The number of sulfonamides is 1. The minimum Gasteiger partial charge on any atom is -0.365 e. The predicted molar refractivity (Wildman–Crippen MR) is 106 cm³/mol. The molecule has 8 heteroatoms. The first-order valence-electron chi connectivity index (χ1n) is 8.49. The van der Waals surface area contributed by atoms with Crippen LogP contribution in [-0.4, -0.2) is 35.8 Å². The molecule has 26 heavy (non-hydrogen) atoms. The molecule has 6 nitrogen and oxygen atoms in total. The number of anilines is 1. The van der Waals surface area contributed by atoms with E-state index in [1.165, 1.54) is 9.18 Å². The van der Waals surface area contributed by atoms with Crippen LogP contribution in [0.1, 0.15) is 24.3 Å². The van der Waals surface area contributed by atoms with Crippen LogP contribution in [-0.2, 0) is 16.6 Å². The van der Waals surface area contributed by atoms with Crippen LogP contribution in [0.15, 0.2) is 41.6 Å². The second-order valence-corrected chi connectivity index (χ2v) is 9.06. The minimum absolute atomic E-state index is 0.322. The first-order valence-corrected chi connectivity index (χ1v) is 10.8. The van der Waals surface area contributed by atoms with Crippen LogP contribution in [0.3, 0.4) is 0 Å². The number of hydrogen-bond donors (Lipinski definition) is 1. The van der Waals surface area contributed by atoms with E-state index in [-0.39, 0.29) is 0 Å². The van der Waals surface area contributed by atoms with Crippen LogP contribution in [0.25, 0.3) is 10.2 Å². The van der Waals surface area contributed by atoms with Crippen molar-refractivity contribution in [3.63, 3.8) is 0 Å². The molecule has 0 unspecified atom stereocenters. The second-order valence-electron chi connectivity index (χ2n) is 5.88. The number of fused-ring (bicyclic) bond motifs is 1. The smallest absolute Gasteiger partial charge is 0.243 e. The third kappa shape index (κ3) is 3.72. The zero-order valence-corrected chi connectivity index (χ0v) is 16.7. The van der Waals surface area contributed by atoms with E-state index in [2.05, 4.69) is 21.4 Å². The maximum Gasteiger partial charge on any atom is 0.243 e. The van der Waals surface area contributed by atoms with E-state index < -0.39 is 10.0 Å². The van der Waals surface area contributed by atoms with Crippen molar-refractivity contribution in [2.45, 2.75) is 32.2 Å². The Labute approximate surface area is 158 Å². The summed E-state index contributed by atoms with van der Waals surface area (Å²) in [5.74, 6) is 0.791. The molecule has 0 spiro atoms. The number of nitrogens with one attached hydrogen (secondary N) is 1. The average Bonchev–Trinajstić information content (AvgIpc) is 3.02. The normalized spacial score (nSPS) is 12.0. The molecule has 2 aromatic heterocycles. The molecule has 0 aliphatic carbocycles. The van der Waals surface area contributed by atoms with Crippen molar-refractivity contribution in [2.24, 2.45) is 0 Å². The minimum atomic E-state index is -3.42. The Morgan fingerprint density at radius 2 is 1.81 bits per heavy atom. The summed E-state index contributed by atoms with van der Waals surface area (Å²) in [6, 6.07) is 9.06. The van der Waals surface area contributed by atoms with Crippen LogP contribution < -0.4 is 5.32 Å². The van der Waals surface area contributed by atoms with Gasteiger partial charge in [-0.1, -0.05) is 26.0 Å². The zero-order chi connectivity index (χ0) is 18.7. The zero-order valence-electron chi connectivity index (χ0n) is 15.1. The lowest BCUT2D eigenvalue weighted by Crippen LogP contribution is -2.30. The summed E-state index contributed by atoms with van der Waals surface area (Å²) in [7, 11) is -3.42. The van der Waals surface area contributed by atoms with Gasteiger partial charge in [0.2, 0.25) is 10.0 Å². The second kappa shape index (κ2) is 7.69. The molecule has 3 aromatic rings. The lowest BCUT2D eigenvalue weighted by atomic mass is 10.2. The molecule has 0 saturated carbocycles. The van der Waals surface area contributed by atoms with Crippen molar-refractivity contribution in [1.82, 2.24) is 14.3 Å². The Bertz CT molecular complexity index is 994. The predicted octanol–water partition coefficient (Wildman–Crippen LogP) is 3.64. The Morgan fingerprint density at radius 3 is 2.46 bits per heavy atom. The van der Waals surface area contributed by atoms with Gasteiger partial charge in [0.1, 0.15) is 17.0 Å². The maximum absolute atomic E-state index is 12.5. The summed E-state index contributed by atoms with van der Waals surface area (Å²) < 4.78 is 26.5. The monoisotopic (exact) mass is 390 g/mol. The van der Waals surface area contributed by atoms with Crippen molar-refractivity contribution in [1.29, 1.82) is 0 Å². The first kappa shape index (κ1) is 18.8. The Kier molecular flexibility index (Phi) is 5.55. The summed E-state index contributed by atoms with van der Waals surface area (Å²) in [5.41, 5.74) is 0.988. The molecule has 0 aliphatic rings. The van der Waals surface area contributed by atoms with Gasteiger partial charge in [-0.05, 0) is 30.7 Å². The number of hydrogen-bond acceptors (Lipinski definition) is 6. The molecule has 3 rings (SSSR count). The van der Waals surface area contributed by atoms with Crippen LogP contribution in [0.5, 0.6) is 0 Å². The largest absolute Gasteiger partial charge is 0.365 e. The number of rotatable bonds is 7. The molecule has 0 fully saturated rings. The van der Waals surface area contributed by atoms with Crippen molar-refractivity contribution >= 4 is 37.4 Å². The van der Waals surface area contributed by atoms with Crippen LogP contribution >= 0.6 is 11.3 Å². The van der Waals surface area contributed by atoms with Crippen molar-refractivity contribution in [2.75, 3.05) is 18.4 Å². The highest BCUT2D eigenvalue weighted by Gasteiger charge is 2.21. The van der Waals surface area contributed by atoms with E-state index in [4.69, 9.17) is 0 Å². The van der Waals surface area contributed by atoms with Crippen molar-refractivity contribution in [3.8, 4) is 0 Å². The average molecular weight is 391 g/mol. The maximum atomic E-state index is 12.5. The Morgan fingerprint density at radius 1 is 1.12 bits per heavy atom. The number of thiophene rings is 1. The van der Waals surface area contributed by atoms with Gasteiger partial charge in [0.05, 0.1) is 10.3 Å². The topological polar surface area (TPSA) is 75.2 Å². The molecule has 2 heterocycles. The number of aryl methyl sites for hydroxylation is 1. The molecule has 0 aliphatic heterocycles. The summed E-state index contributed by atoms with van der Waals surface area (Å²) in [6.45, 7) is 7.22. The molecule has 1 N–H and O–H groups in total. The van der Waals surface area contributed by atoms with Gasteiger partial charge in [0.15, 0.2) is 0 Å². The molecule has 0 saturated heterocycles. The number of benzene rings is 1. The SMILES string of the molecule is CCN(CC)S(=O)(=O)c1ccc(CNc2ncnc3sc(C)cc23)cc1. The van der Waals surface area contributed by atoms with E-state index in [1.54, 1.807) is 29.8 Å². The van der Waals surface area contributed by atoms with E-state index in [1.807, 2.05) is 32.9 Å². The van der Waals surface area contributed by atoms with Gasteiger partial charge in [-0.2, -0.15) is 4.31 Å². The van der Waals surface area contributed by atoms with E-state index in [0.717, 1.165) is 21.6 Å². The quantitative estimate of drug-likeness (QED) is 0.667. The number of aromatic nitrogens is 2. The third-order valence-electron chi connectivity index (χ3n) is 4.18. The van der Waals surface area contributed by atoms with E-state index in [9.17, 15) is 8.42 Å². The molecule has 0 bridgehead atoms. The van der Waals surface area contributed by atoms with Crippen molar-refractivity contribution < 1.29 is 8.42 Å². The lowest BCUT2D eigenvalue weighted by molar-refractivity contribution is 0.445. The molecular formula is C18H22N4O2S2. The lowest BCUT2D eigenvalue weighted by Gasteiger charge is -2.18. The molecule has 0 radical (unpaired) electrons. The highest BCUT2D eigenvalue weighted by atomic mass is 32.2. The Balaban J connectivity index is 1.75. The molecule has 0 atom stereocenters. The van der Waals surface area contributed by atoms with Gasteiger partial charge in [-0.25, -0.2) is 18.4 Å². The molecule has 0 amide bonds. The van der Waals surface area contributed by atoms with E-state index in [0.29, 0.717) is 24.5 Å². The molecule has 138 valence electrons. The van der Waals surface area contributed by atoms with Crippen LogP contribution in [0, 0.1) is 6.92 Å². The fraction of sp³-hybridized carbons (Fsp3) is 0.333. The third-order valence-corrected chi connectivity index (χ3v) is 7.20. The number of nitrogens with zero attached hydrogens (tertiary/aromatic N) is 3. The summed E-state index contributed by atoms with van der Waals surface area (Å²) in [5, 5.41) is 4.33. The fourth-order valence-electron chi connectivity index (χ4n) is 2.79. The Hall–Kier alpha value is -2.03. The van der Waals surface area contributed by atoms with E-state index >= 15 is 0 Å². The van der Waals surface area contributed by atoms with Crippen LogP contribution in [0.4, 0.5) is 5.82 Å². The summed E-state index contributed by atoms with van der Waals surface area (Å²) >= 11 is 1.64. The van der Waals surface area contributed by atoms with Crippen LogP contribution in [0.2, 0.25) is 0 Å². The summed E-state index contributed by atoms with van der Waals surface area (Å²) in [4.78, 5) is 11.1. The van der Waals surface area contributed by atoms with Gasteiger partial charge in [-0.15, -0.1) is 11.3 Å². The van der Waals surface area contributed by atoms with Gasteiger partial charge >= 0.3 is 0 Å². The molecular weight excluding hydrogens is 368 g/mol. The molecule has 1 aromatic carbocycles.